The van der Waals surface area contributed by atoms with Crippen molar-refractivity contribution in [3.8, 4) is 0 Å². The summed E-state index contributed by atoms with van der Waals surface area (Å²) in [6.07, 6.45) is 5.22. The average Bonchev–Trinajstić information content (AvgIpc) is 2.90. The summed E-state index contributed by atoms with van der Waals surface area (Å²) >= 11 is 0. The second kappa shape index (κ2) is 6.96. The molecule has 0 saturated carbocycles. The van der Waals surface area contributed by atoms with Gasteiger partial charge in [0.25, 0.3) is 5.91 Å². The van der Waals surface area contributed by atoms with Gasteiger partial charge in [0.2, 0.25) is 0 Å². The molecule has 2 aliphatic rings. The SMILES string of the molecule is Cc1c(C(=O)N2CCCCc3ccccc32)nnn1C1CCNCC1. The van der Waals surface area contributed by atoms with Crippen LogP contribution in [-0.2, 0) is 6.42 Å². The van der Waals surface area contributed by atoms with Crippen LogP contribution in [0.3, 0.4) is 0 Å². The van der Waals surface area contributed by atoms with E-state index in [0.717, 1.165) is 63.1 Å². The van der Waals surface area contributed by atoms with E-state index < -0.39 is 0 Å². The molecular formula is C19H25N5O. The lowest BCUT2D eigenvalue weighted by molar-refractivity contribution is 0.0981. The highest BCUT2D eigenvalue weighted by molar-refractivity contribution is 6.05. The molecule has 1 saturated heterocycles. The second-order valence-electron chi connectivity index (χ2n) is 6.99. The standard InChI is InChI=1S/C19H25N5O/c1-14-18(21-22-24(14)16-9-11-20-12-10-16)19(25)23-13-5-4-7-15-6-2-3-8-17(15)23/h2-3,6,8,16,20H,4-5,7,9-13H2,1H3. The Morgan fingerprint density at radius 3 is 2.84 bits per heavy atom. The number of hydrogen-bond donors (Lipinski definition) is 1. The minimum absolute atomic E-state index is 0.0213. The molecule has 4 rings (SSSR count). The Labute approximate surface area is 148 Å². The van der Waals surface area contributed by atoms with E-state index in [1.165, 1.54) is 5.56 Å². The molecule has 2 aromatic rings. The summed E-state index contributed by atoms with van der Waals surface area (Å²) in [5.74, 6) is -0.0213. The highest BCUT2D eigenvalue weighted by Crippen LogP contribution is 2.28. The number of carbonyl (C=O) groups is 1. The topological polar surface area (TPSA) is 63.1 Å². The van der Waals surface area contributed by atoms with Gasteiger partial charge >= 0.3 is 0 Å². The summed E-state index contributed by atoms with van der Waals surface area (Å²) in [4.78, 5) is 15.1. The molecule has 0 atom stereocenters. The molecule has 25 heavy (non-hydrogen) atoms. The molecular weight excluding hydrogens is 314 g/mol. The van der Waals surface area contributed by atoms with E-state index in [9.17, 15) is 4.79 Å². The first-order valence-electron chi connectivity index (χ1n) is 9.28. The van der Waals surface area contributed by atoms with Crippen molar-refractivity contribution >= 4 is 11.6 Å². The van der Waals surface area contributed by atoms with Crippen LogP contribution in [0.4, 0.5) is 5.69 Å². The number of fused-ring (bicyclic) bond motifs is 1. The number of nitrogens with one attached hydrogen (secondary N) is 1. The smallest absolute Gasteiger partial charge is 0.280 e. The van der Waals surface area contributed by atoms with Crippen molar-refractivity contribution < 1.29 is 4.79 Å². The van der Waals surface area contributed by atoms with Crippen LogP contribution in [0.2, 0.25) is 0 Å². The first kappa shape index (κ1) is 16.3. The predicted octanol–water partition coefficient (Wildman–Crippen LogP) is 2.49. The summed E-state index contributed by atoms with van der Waals surface area (Å²) in [5.41, 5.74) is 3.66. The number of nitrogens with zero attached hydrogens (tertiary/aromatic N) is 4. The van der Waals surface area contributed by atoms with E-state index >= 15 is 0 Å². The molecule has 0 radical (unpaired) electrons. The van der Waals surface area contributed by atoms with Crippen LogP contribution in [0.1, 0.15) is 53.5 Å². The number of rotatable bonds is 2. The maximum absolute atomic E-state index is 13.2. The minimum Gasteiger partial charge on any atom is -0.317 e. The highest BCUT2D eigenvalue weighted by Gasteiger charge is 2.28. The van der Waals surface area contributed by atoms with E-state index in [0.29, 0.717) is 11.7 Å². The van der Waals surface area contributed by atoms with Crippen LogP contribution in [0.25, 0.3) is 0 Å². The van der Waals surface area contributed by atoms with E-state index in [2.05, 4.69) is 21.7 Å². The molecule has 1 amide bonds. The largest absolute Gasteiger partial charge is 0.317 e. The molecule has 0 aliphatic carbocycles. The third-order valence-electron chi connectivity index (χ3n) is 5.39. The summed E-state index contributed by atoms with van der Waals surface area (Å²) in [5, 5.41) is 12.0. The first-order valence-corrected chi connectivity index (χ1v) is 9.28. The Bertz CT molecular complexity index is 763. The maximum Gasteiger partial charge on any atom is 0.280 e. The van der Waals surface area contributed by atoms with Gasteiger partial charge < -0.3 is 10.2 Å². The summed E-state index contributed by atoms with van der Waals surface area (Å²) in [7, 11) is 0. The number of carbonyl (C=O) groups excluding carboxylic acids is 1. The maximum atomic E-state index is 13.2. The number of piperidine rings is 1. The third kappa shape index (κ3) is 3.06. The fourth-order valence-electron chi connectivity index (χ4n) is 3.97. The lowest BCUT2D eigenvalue weighted by Crippen LogP contribution is -2.33. The van der Waals surface area contributed by atoms with Gasteiger partial charge in [-0.25, -0.2) is 4.68 Å². The van der Waals surface area contributed by atoms with Gasteiger partial charge in [0, 0.05) is 12.2 Å². The fourth-order valence-corrected chi connectivity index (χ4v) is 3.97. The Kier molecular flexibility index (Phi) is 4.53. The molecule has 2 aliphatic heterocycles. The molecule has 132 valence electrons. The van der Waals surface area contributed by atoms with Crippen LogP contribution in [0, 0.1) is 6.92 Å². The molecule has 0 unspecified atom stereocenters. The quantitative estimate of drug-likeness (QED) is 0.913. The zero-order valence-corrected chi connectivity index (χ0v) is 14.7. The summed E-state index contributed by atoms with van der Waals surface area (Å²) in [6, 6.07) is 8.56. The van der Waals surface area contributed by atoms with Gasteiger partial charge in [0.05, 0.1) is 11.7 Å². The Morgan fingerprint density at radius 1 is 1.20 bits per heavy atom. The number of hydrogen-bond acceptors (Lipinski definition) is 4. The number of benzene rings is 1. The molecule has 1 fully saturated rings. The zero-order valence-electron chi connectivity index (χ0n) is 14.7. The van der Waals surface area contributed by atoms with Gasteiger partial charge in [-0.3, -0.25) is 4.79 Å². The molecule has 6 nitrogen and oxygen atoms in total. The lowest BCUT2D eigenvalue weighted by Gasteiger charge is -2.24. The number of para-hydroxylation sites is 1. The second-order valence-corrected chi connectivity index (χ2v) is 6.99. The number of aryl methyl sites for hydroxylation is 1. The third-order valence-corrected chi connectivity index (χ3v) is 5.39. The van der Waals surface area contributed by atoms with Crippen LogP contribution < -0.4 is 10.2 Å². The Morgan fingerprint density at radius 2 is 2.00 bits per heavy atom. The van der Waals surface area contributed by atoms with Gasteiger partial charge in [0.15, 0.2) is 5.69 Å². The van der Waals surface area contributed by atoms with Crippen LogP contribution in [0.15, 0.2) is 24.3 Å². The zero-order chi connectivity index (χ0) is 17.2. The van der Waals surface area contributed by atoms with Gasteiger partial charge in [-0.15, -0.1) is 5.10 Å². The van der Waals surface area contributed by atoms with Crippen molar-refractivity contribution in [3.05, 3.63) is 41.2 Å². The van der Waals surface area contributed by atoms with Crippen LogP contribution in [-0.4, -0.2) is 40.5 Å². The van der Waals surface area contributed by atoms with Crippen LogP contribution in [0.5, 0.6) is 0 Å². The molecule has 1 aromatic heterocycles. The van der Waals surface area contributed by atoms with E-state index in [4.69, 9.17) is 0 Å². The summed E-state index contributed by atoms with van der Waals surface area (Å²) < 4.78 is 1.96. The molecule has 6 heteroatoms. The molecule has 0 spiro atoms. The normalized spacial score (nSPS) is 18.7. The highest BCUT2D eigenvalue weighted by atomic mass is 16.2. The van der Waals surface area contributed by atoms with Crippen molar-refractivity contribution in [2.75, 3.05) is 24.5 Å². The monoisotopic (exact) mass is 339 g/mol. The van der Waals surface area contributed by atoms with Gasteiger partial charge in [-0.05, 0) is 63.7 Å². The molecule has 0 bridgehead atoms. The average molecular weight is 339 g/mol. The van der Waals surface area contributed by atoms with E-state index in [1.807, 2.05) is 34.7 Å². The Balaban J connectivity index is 1.64. The van der Waals surface area contributed by atoms with Crippen molar-refractivity contribution in [3.63, 3.8) is 0 Å². The fraction of sp³-hybridized carbons (Fsp3) is 0.526. The molecule has 1 N–H and O–H groups in total. The lowest BCUT2D eigenvalue weighted by atomic mass is 10.1. The van der Waals surface area contributed by atoms with Gasteiger partial charge in [-0.1, -0.05) is 23.4 Å². The van der Waals surface area contributed by atoms with Crippen LogP contribution >= 0.6 is 0 Å². The van der Waals surface area contributed by atoms with Gasteiger partial charge in [-0.2, -0.15) is 0 Å². The minimum atomic E-state index is -0.0213. The van der Waals surface area contributed by atoms with Crippen molar-refractivity contribution in [1.29, 1.82) is 0 Å². The van der Waals surface area contributed by atoms with E-state index in [-0.39, 0.29) is 5.91 Å². The number of anilines is 1. The predicted molar refractivity (Wildman–Crippen MR) is 97.0 cm³/mol. The number of aromatic nitrogens is 3. The first-order chi connectivity index (χ1) is 12.3. The van der Waals surface area contributed by atoms with Gasteiger partial charge in [0.1, 0.15) is 0 Å². The van der Waals surface area contributed by atoms with E-state index in [1.54, 1.807) is 0 Å². The van der Waals surface area contributed by atoms with Crippen molar-refractivity contribution in [1.82, 2.24) is 20.3 Å². The summed E-state index contributed by atoms with van der Waals surface area (Å²) in [6.45, 7) is 4.70. The van der Waals surface area contributed by atoms with Crippen molar-refractivity contribution in [2.45, 2.75) is 45.1 Å². The van der Waals surface area contributed by atoms with Crippen molar-refractivity contribution in [2.24, 2.45) is 0 Å². The number of amides is 1. The molecule has 1 aromatic carbocycles. The Hall–Kier alpha value is -2.21. The molecule has 3 heterocycles.